The number of rotatable bonds is 3. The van der Waals surface area contributed by atoms with E-state index in [0.29, 0.717) is 18.5 Å². The number of aliphatic carboxylic acids is 1. The molecule has 20 heavy (non-hydrogen) atoms. The number of carbonyl (C=O) groups excluding carboxylic acids is 1. The van der Waals surface area contributed by atoms with Gasteiger partial charge < -0.3 is 9.84 Å². The van der Waals surface area contributed by atoms with Gasteiger partial charge in [-0.2, -0.15) is 0 Å². The molecular formula is C15H19NO4. The number of carboxylic acid groups (broad SMARTS) is 1. The molecule has 1 aliphatic rings. The molecule has 0 aliphatic heterocycles. The van der Waals surface area contributed by atoms with Crippen LogP contribution >= 0.6 is 0 Å². The summed E-state index contributed by atoms with van der Waals surface area (Å²) < 4.78 is 4.55. The molecule has 0 atom stereocenters. The van der Waals surface area contributed by atoms with E-state index in [1.54, 1.807) is 18.2 Å². The van der Waals surface area contributed by atoms with Gasteiger partial charge >= 0.3 is 12.1 Å². The van der Waals surface area contributed by atoms with Gasteiger partial charge in [-0.3, -0.25) is 10.1 Å². The average Bonchev–Trinajstić information content (AvgIpc) is 2.48. The molecule has 5 heteroatoms. The number of benzene rings is 1. The molecule has 0 heterocycles. The van der Waals surface area contributed by atoms with Crippen LogP contribution in [-0.4, -0.2) is 24.3 Å². The molecule has 1 amide bonds. The number of methoxy groups -OCH3 is 1. The third-order valence-electron chi connectivity index (χ3n) is 3.96. The number of nitrogens with one attached hydrogen (secondary N) is 1. The third kappa shape index (κ3) is 2.76. The van der Waals surface area contributed by atoms with E-state index in [0.717, 1.165) is 24.8 Å². The first-order valence-electron chi connectivity index (χ1n) is 6.77. The topological polar surface area (TPSA) is 75.6 Å². The minimum absolute atomic E-state index is 0.556. The van der Waals surface area contributed by atoms with E-state index in [1.807, 2.05) is 6.07 Å². The van der Waals surface area contributed by atoms with Crippen LogP contribution in [0.3, 0.4) is 0 Å². The zero-order valence-corrected chi connectivity index (χ0v) is 11.5. The fourth-order valence-corrected chi connectivity index (χ4v) is 2.84. The minimum atomic E-state index is -0.827. The molecule has 0 unspecified atom stereocenters. The van der Waals surface area contributed by atoms with Crippen LogP contribution in [0.2, 0.25) is 0 Å². The average molecular weight is 277 g/mol. The van der Waals surface area contributed by atoms with Crippen molar-refractivity contribution in [1.82, 2.24) is 0 Å². The number of carbonyl (C=O) groups is 2. The Morgan fingerprint density at radius 1 is 1.25 bits per heavy atom. The zero-order valence-electron chi connectivity index (χ0n) is 11.5. The first-order valence-corrected chi connectivity index (χ1v) is 6.77. The van der Waals surface area contributed by atoms with Crippen LogP contribution in [0.15, 0.2) is 24.3 Å². The molecule has 1 fully saturated rings. The lowest BCUT2D eigenvalue weighted by Gasteiger charge is -2.33. The third-order valence-corrected chi connectivity index (χ3v) is 3.96. The van der Waals surface area contributed by atoms with E-state index in [-0.39, 0.29) is 0 Å². The van der Waals surface area contributed by atoms with Crippen molar-refractivity contribution in [2.75, 3.05) is 12.4 Å². The van der Waals surface area contributed by atoms with Gasteiger partial charge in [-0.1, -0.05) is 31.4 Å². The normalized spacial score (nSPS) is 17.2. The molecule has 5 nitrogen and oxygen atoms in total. The molecule has 0 aromatic heterocycles. The predicted molar refractivity (Wildman–Crippen MR) is 74.9 cm³/mol. The summed E-state index contributed by atoms with van der Waals surface area (Å²) in [7, 11) is 1.29. The second kappa shape index (κ2) is 5.94. The number of hydrogen-bond acceptors (Lipinski definition) is 3. The van der Waals surface area contributed by atoms with Crippen molar-refractivity contribution < 1.29 is 19.4 Å². The van der Waals surface area contributed by atoms with Crippen molar-refractivity contribution in [3.63, 3.8) is 0 Å². The summed E-state index contributed by atoms with van der Waals surface area (Å²) >= 11 is 0. The molecule has 1 aromatic carbocycles. The van der Waals surface area contributed by atoms with Crippen LogP contribution in [0.25, 0.3) is 0 Å². The van der Waals surface area contributed by atoms with Crippen molar-refractivity contribution in [1.29, 1.82) is 0 Å². The van der Waals surface area contributed by atoms with Gasteiger partial charge in [0.1, 0.15) is 0 Å². The highest BCUT2D eigenvalue weighted by atomic mass is 16.5. The van der Waals surface area contributed by atoms with Gasteiger partial charge in [-0.25, -0.2) is 4.79 Å². The summed E-state index contributed by atoms with van der Waals surface area (Å²) in [6.45, 7) is 0. The smallest absolute Gasteiger partial charge is 0.411 e. The van der Waals surface area contributed by atoms with E-state index in [2.05, 4.69) is 10.1 Å². The highest BCUT2D eigenvalue weighted by Gasteiger charge is 2.41. The predicted octanol–water partition coefficient (Wildman–Crippen LogP) is 3.15. The van der Waals surface area contributed by atoms with Crippen molar-refractivity contribution in [3.8, 4) is 0 Å². The molecule has 1 saturated carbocycles. The maximum Gasteiger partial charge on any atom is 0.411 e. The molecule has 1 aromatic rings. The van der Waals surface area contributed by atoms with Crippen LogP contribution in [0.1, 0.15) is 37.7 Å². The van der Waals surface area contributed by atoms with Gasteiger partial charge in [0.05, 0.1) is 12.5 Å². The molecule has 0 bridgehead atoms. The standard InChI is InChI=1S/C15H19NO4/c1-20-14(19)16-12-7-5-6-11(10-12)15(13(17)18)8-3-2-4-9-15/h5-7,10H,2-4,8-9H2,1H3,(H,16,19)(H,17,18). The number of ether oxygens (including phenoxy) is 1. The second-order valence-corrected chi connectivity index (χ2v) is 5.15. The number of carboxylic acids is 1. The highest BCUT2D eigenvalue weighted by Crippen LogP contribution is 2.40. The van der Waals surface area contributed by atoms with Crippen LogP contribution in [0.4, 0.5) is 10.5 Å². The first kappa shape index (κ1) is 14.4. The van der Waals surface area contributed by atoms with Crippen LogP contribution < -0.4 is 5.32 Å². The van der Waals surface area contributed by atoms with E-state index in [1.165, 1.54) is 7.11 Å². The summed E-state index contributed by atoms with van der Waals surface area (Å²) in [4.78, 5) is 23.0. The molecular weight excluding hydrogens is 258 g/mol. The van der Waals surface area contributed by atoms with Gasteiger partial charge in [0, 0.05) is 5.69 Å². The van der Waals surface area contributed by atoms with Crippen LogP contribution in [0, 0.1) is 0 Å². The Morgan fingerprint density at radius 2 is 1.95 bits per heavy atom. The molecule has 0 radical (unpaired) electrons. The van der Waals surface area contributed by atoms with Gasteiger partial charge in [0.25, 0.3) is 0 Å². The number of hydrogen-bond donors (Lipinski definition) is 2. The SMILES string of the molecule is COC(=O)Nc1cccc(C2(C(=O)O)CCCCC2)c1. The van der Waals surface area contributed by atoms with Crippen molar-refractivity contribution in [3.05, 3.63) is 29.8 Å². The van der Waals surface area contributed by atoms with E-state index < -0.39 is 17.5 Å². The Morgan fingerprint density at radius 3 is 2.55 bits per heavy atom. The van der Waals surface area contributed by atoms with Crippen molar-refractivity contribution in [2.45, 2.75) is 37.5 Å². The molecule has 2 N–H and O–H groups in total. The summed E-state index contributed by atoms with van der Waals surface area (Å²) in [5.74, 6) is -0.785. The largest absolute Gasteiger partial charge is 0.481 e. The summed E-state index contributed by atoms with van der Waals surface area (Å²) in [6, 6.07) is 7.04. The molecule has 2 rings (SSSR count). The van der Waals surface area contributed by atoms with Crippen molar-refractivity contribution in [2.24, 2.45) is 0 Å². The molecule has 1 aliphatic carbocycles. The number of amides is 1. The van der Waals surface area contributed by atoms with Crippen LogP contribution in [0.5, 0.6) is 0 Å². The summed E-state index contributed by atoms with van der Waals surface area (Å²) in [5, 5.41) is 12.2. The maximum atomic E-state index is 11.8. The second-order valence-electron chi connectivity index (χ2n) is 5.15. The molecule has 108 valence electrons. The van der Waals surface area contributed by atoms with Crippen molar-refractivity contribution >= 4 is 17.7 Å². The monoisotopic (exact) mass is 277 g/mol. The van der Waals surface area contributed by atoms with Gasteiger partial charge in [0.15, 0.2) is 0 Å². The lowest BCUT2D eigenvalue weighted by molar-refractivity contribution is -0.145. The number of anilines is 1. The minimum Gasteiger partial charge on any atom is -0.481 e. The summed E-state index contributed by atoms with van der Waals surface area (Å²) in [6.07, 6.45) is 3.64. The lowest BCUT2D eigenvalue weighted by atomic mass is 9.69. The Balaban J connectivity index is 2.32. The quantitative estimate of drug-likeness (QED) is 0.889. The maximum absolute atomic E-state index is 11.8. The summed E-state index contributed by atoms with van der Waals surface area (Å²) in [5.41, 5.74) is 0.477. The fourth-order valence-electron chi connectivity index (χ4n) is 2.84. The first-order chi connectivity index (χ1) is 9.58. The van der Waals surface area contributed by atoms with Gasteiger partial charge in [0.2, 0.25) is 0 Å². The van der Waals surface area contributed by atoms with E-state index in [9.17, 15) is 14.7 Å². The molecule has 0 spiro atoms. The lowest BCUT2D eigenvalue weighted by Crippen LogP contribution is -2.37. The van der Waals surface area contributed by atoms with E-state index >= 15 is 0 Å². The fraction of sp³-hybridized carbons (Fsp3) is 0.467. The van der Waals surface area contributed by atoms with Crippen LogP contribution in [-0.2, 0) is 14.9 Å². The zero-order chi connectivity index (χ0) is 14.6. The Kier molecular flexibility index (Phi) is 4.27. The highest BCUT2D eigenvalue weighted by molar-refractivity contribution is 5.86. The Bertz CT molecular complexity index is 506. The Hall–Kier alpha value is -2.04. The van der Waals surface area contributed by atoms with Gasteiger partial charge in [-0.05, 0) is 30.5 Å². The van der Waals surface area contributed by atoms with Gasteiger partial charge in [-0.15, -0.1) is 0 Å². The molecule has 0 saturated heterocycles. The van der Waals surface area contributed by atoms with E-state index in [4.69, 9.17) is 0 Å². The Labute approximate surface area is 117 Å².